The molecule has 0 spiro atoms. The van der Waals surface area contributed by atoms with E-state index in [-0.39, 0.29) is 23.9 Å². The van der Waals surface area contributed by atoms with Gasteiger partial charge in [0.15, 0.2) is 0 Å². The van der Waals surface area contributed by atoms with Gasteiger partial charge in [-0.1, -0.05) is 87.0 Å². The van der Waals surface area contributed by atoms with Gasteiger partial charge in [-0.05, 0) is 48.7 Å². The largest absolute Gasteiger partial charge is 0.322 e. The average molecular weight is 544 g/mol. The number of rotatable bonds is 8. The van der Waals surface area contributed by atoms with Crippen molar-refractivity contribution in [3.63, 3.8) is 0 Å². The first-order chi connectivity index (χ1) is 18.6. The van der Waals surface area contributed by atoms with Crippen LogP contribution in [0.15, 0.2) is 84.9 Å². The van der Waals surface area contributed by atoms with Crippen LogP contribution in [0.5, 0.6) is 0 Å². The van der Waals surface area contributed by atoms with Gasteiger partial charge < -0.3 is 15.5 Å². The second-order valence-electron chi connectivity index (χ2n) is 10.5. The molecule has 0 aliphatic rings. The minimum absolute atomic E-state index is 0.136. The number of aryl methyl sites for hydroxylation is 1. The Kier molecular flexibility index (Phi) is 8.72. The van der Waals surface area contributed by atoms with E-state index in [4.69, 9.17) is 16.7 Å². The Balaban J connectivity index is 1.56. The van der Waals surface area contributed by atoms with Crippen LogP contribution < -0.4 is 10.6 Å². The highest BCUT2D eigenvalue weighted by atomic mass is 35.5. The Bertz CT molecular complexity index is 1440. The molecule has 1 heterocycles. The number of hydrogen-bond acceptors (Lipinski definition) is 3. The molecule has 0 atom stereocenters. The van der Waals surface area contributed by atoms with Gasteiger partial charge in [-0.2, -0.15) is 5.10 Å². The molecule has 3 amide bonds. The number of hydrogen-bond donors (Lipinski definition) is 2. The molecule has 0 aliphatic carbocycles. The van der Waals surface area contributed by atoms with Gasteiger partial charge in [-0.25, -0.2) is 9.48 Å². The fourth-order valence-corrected chi connectivity index (χ4v) is 4.30. The standard InChI is InChI=1S/C31H34ClN5O2/c1-22-11-10-14-24(19-22)33-30(39)36(18-17-23-12-6-5-7-13-23)21-29(38)34-28-20-27(31(2,3)4)35-37(28)26-16-9-8-15-25(26)32/h5-16,19-20H,17-18,21H2,1-4H3,(H,33,39)(H,34,38). The zero-order chi connectivity index (χ0) is 28.0. The summed E-state index contributed by atoms with van der Waals surface area (Å²) < 4.78 is 1.64. The predicted octanol–water partition coefficient (Wildman–Crippen LogP) is 6.85. The Morgan fingerprint density at radius 1 is 0.923 bits per heavy atom. The van der Waals surface area contributed by atoms with Crippen LogP contribution in [0.25, 0.3) is 5.69 Å². The number of benzene rings is 3. The molecule has 4 rings (SSSR count). The number of urea groups is 1. The topological polar surface area (TPSA) is 79.3 Å². The van der Waals surface area contributed by atoms with Crippen LogP contribution in [-0.4, -0.2) is 39.7 Å². The molecule has 0 saturated heterocycles. The summed E-state index contributed by atoms with van der Waals surface area (Å²) in [7, 11) is 0. The fourth-order valence-electron chi connectivity index (χ4n) is 4.09. The summed E-state index contributed by atoms with van der Waals surface area (Å²) in [6, 6.07) is 26.3. The smallest absolute Gasteiger partial charge is 0.315 e. The van der Waals surface area contributed by atoms with Crippen LogP contribution in [0.1, 0.15) is 37.6 Å². The maximum Gasteiger partial charge on any atom is 0.322 e. The second-order valence-corrected chi connectivity index (χ2v) is 10.9. The van der Waals surface area contributed by atoms with Crippen LogP contribution in [0.2, 0.25) is 5.02 Å². The monoisotopic (exact) mass is 543 g/mol. The molecule has 8 heteroatoms. The molecule has 0 fully saturated rings. The minimum Gasteiger partial charge on any atom is -0.315 e. The quantitative estimate of drug-likeness (QED) is 0.255. The van der Waals surface area contributed by atoms with Crippen molar-refractivity contribution in [2.24, 2.45) is 0 Å². The number of carbonyl (C=O) groups is 2. The Morgan fingerprint density at radius 2 is 1.64 bits per heavy atom. The third-order valence-electron chi connectivity index (χ3n) is 6.23. The number of amides is 3. The van der Waals surface area contributed by atoms with Crippen molar-refractivity contribution < 1.29 is 9.59 Å². The normalized spacial score (nSPS) is 11.2. The van der Waals surface area contributed by atoms with E-state index in [2.05, 4.69) is 31.4 Å². The highest BCUT2D eigenvalue weighted by Crippen LogP contribution is 2.29. The van der Waals surface area contributed by atoms with Gasteiger partial charge in [0.05, 0.1) is 16.4 Å². The number of nitrogens with one attached hydrogen (secondary N) is 2. The Hall–Kier alpha value is -4.10. The summed E-state index contributed by atoms with van der Waals surface area (Å²) in [5.74, 6) is 0.149. The molecule has 4 aromatic rings. The lowest BCUT2D eigenvalue weighted by Gasteiger charge is -2.23. The third-order valence-corrected chi connectivity index (χ3v) is 6.55. The SMILES string of the molecule is Cc1cccc(NC(=O)N(CCc2ccccc2)CC(=O)Nc2cc(C(C)(C)C)nn2-c2ccccc2Cl)c1. The number of para-hydroxylation sites is 1. The molecule has 7 nitrogen and oxygen atoms in total. The van der Waals surface area contributed by atoms with Crippen molar-refractivity contribution in [3.05, 3.63) is 107 Å². The molecular formula is C31H34ClN5O2. The summed E-state index contributed by atoms with van der Waals surface area (Å²) in [6.45, 7) is 8.36. The zero-order valence-corrected chi connectivity index (χ0v) is 23.5. The van der Waals surface area contributed by atoms with E-state index < -0.39 is 0 Å². The highest BCUT2D eigenvalue weighted by Gasteiger charge is 2.24. The summed E-state index contributed by atoms with van der Waals surface area (Å²) in [6.07, 6.45) is 0.612. The van der Waals surface area contributed by atoms with E-state index in [1.807, 2.05) is 85.8 Å². The van der Waals surface area contributed by atoms with Crippen molar-refractivity contribution in [2.45, 2.75) is 39.5 Å². The van der Waals surface area contributed by atoms with Crippen molar-refractivity contribution in [1.29, 1.82) is 0 Å². The van der Waals surface area contributed by atoms with Gasteiger partial charge in [-0.3, -0.25) is 4.79 Å². The van der Waals surface area contributed by atoms with Crippen molar-refractivity contribution in [3.8, 4) is 5.69 Å². The number of halogens is 1. The van der Waals surface area contributed by atoms with Gasteiger partial charge in [0.1, 0.15) is 12.4 Å². The molecule has 0 unspecified atom stereocenters. The lowest BCUT2D eigenvalue weighted by molar-refractivity contribution is -0.116. The van der Waals surface area contributed by atoms with E-state index in [0.717, 1.165) is 16.8 Å². The first kappa shape index (κ1) is 27.9. The minimum atomic E-state index is -0.346. The number of nitrogens with zero attached hydrogens (tertiary/aromatic N) is 3. The maximum absolute atomic E-state index is 13.4. The van der Waals surface area contributed by atoms with E-state index >= 15 is 0 Å². The molecule has 0 saturated carbocycles. The van der Waals surface area contributed by atoms with Crippen molar-refractivity contribution in [1.82, 2.24) is 14.7 Å². The molecule has 0 aliphatic heterocycles. The number of aromatic nitrogens is 2. The predicted molar refractivity (Wildman–Crippen MR) is 158 cm³/mol. The highest BCUT2D eigenvalue weighted by molar-refractivity contribution is 6.32. The lowest BCUT2D eigenvalue weighted by atomic mass is 9.92. The third kappa shape index (κ3) is 7.48. The van der Waals surface area contributed by atoms with E-state index in [9.17, 15) is 9.59 Å². The van der Waals surface area contributed by atoms with E-state index in [1.165, 1.54) is 4.90 Å². The molecular weight excluding hydrogens is 510 g/mol. The van der Waals surface area contributed by atoms with Crippen LogP contribution in [0.3, 0.4) is 0 Å². The number of carbonyl (C=O) groups excluding carboxylic acids is 2. The lowest BCUT2D eigenvalue weighted by Crippen LogP contribution is -2.42. The second kappa shape index (κ2) is 12.2. The average Bonchev–Trinajstić information content (AvgIpc) is 3.31. The molecule has 3 aromatic carbocycles. The number of anilines is 2. The summed E-state index contributed by atoms with van der Waals surface area (Å²) in [5, 5.41) is 11.2. The summed E-state index contributed by atoms with van der Waals surface area (Å²) in [4.78, 5) is 28.2. The van der Waals surface area contributed by atoms with Gasteiger partial charge in [0, 0.05) is 23.7 Å². The fraction of sp³-hybridized carbons (Fsp3) is 0.258. The Morgan fingerprint density at radius 3 is 2.33 bits per heavy atom. The van der Waals surface area contributed by atoms with Crippen molar-refractivity contribution in [2.75, 3.05) is 23.7 Å². The first-order valence-corrected chi connectivity index (χ1v) is 13.3. The van der Waals surface area contributed by atoms with Crippen LogP contribution in [0.4, 0.5) is 16.3 Å². The molecule has 39 heavy (non-hydrogen) atoms. The van der Waals surface area contributed by atoms with Crippen molar-refractivity contribution >= 4 is 35.0 Å². The van der Waals surface area contributed by atoms with Gasteiger partial charge in [0.2, 0.25) is 5.91 Å². The van der Waals surface area contributed by atoms with Crippen LogP contribution >= 0.6 is 11.6 Å². The molecule has 202 valence electrons. The summed E-state index contributed by atoms with van der Waals surface area (Å²) >= 11 is 6.47. The molecule has 0 radical (unpaired) electrons. The molecule has 1 aromatic heterocycles. The van der Waals surface area contributed by atoms with Gasteiger partial charge in [-0.15, -0.1) is 0 Å². The molecule has 2 N–H and O–H groups in total. The van der Waals surface area contributed by atoms with E-state index in [0.29, 0.717) is 35.2 Å². The molecule has 0 bridgehead atoms. The van der Waals surface area contributed by atoms with E-state index in [1.54, 1.807) is 10.7 Å². The van der Waals surface area contributed by atoms with Gasteiger partial charge in [0.25, 0.3) is 0 Å². The Labute approximate surface area is 234 Å². The zero-order valence-electron chi connectivity index (χ0n) is 22.7. The van der Waals surface area contributed by atoms with Gasteiger partial charge >= 0.3 is 6.03 Å². The van der Waals surface area contributed by atoms with Crippen LogP contribution in [-0.2, 0) is 16.6 Å². The maximum atomic E-state index is 13.4. The summed E-state index contributed by atoms with van der Waals surface area (Å²) in [5.41, 5.74) is 4.00. The first-order valence-electron chi connectivity index (χ1n) is 12.9. The van der Waals surface area contributed by atoms with Crippen LogP contribution in [0, 0.1) is 6.92 Å².